The maximum absolute atomic E-state index is 12.8. The summed E-state index contributed by atoms with van der Waals surface area (Å²) in [4.78, 5) is 11.4. The van der Waals surface area contributed by atoms with E-state index in [1.165, 1.54) is 12.3 Å². The number of sulfonamides is 1. The van der Waals surface area contributed by atoms with E-state index in [1.54, 1.807) is 16.9 Å². The largest absolute Gasteiger partial charge is 0.478 e. The fraction of sp³-hybridized carbons (Fsp3) is 0.375. The second-order valence-electron chi connectivity index (χ2n) is 5.81. The molecule has 0 amide bonds. The van der Waals surface area contributed by atoms with Crippen LogP contribution in [0.3, 0.4) is 0 Å². The number of benzene rings is 1. The van der Waals surface area contributed by atoms with Gasteiger partial charge in [-0.15, -0.1) is 0 Å². The number of rotatable bonds is 5. The second-order valence-corrected chi connectivity index (χ2v) is 7.47. The third-order valence-electron chi connectivity index (χ3n) is 4.17. The topological polar surface area (TPSA) is 101 Å². The van der Waals surface area contributed by atoms with Crippen LogP contribution >= 0.6 is 0 Å². The smallest absolute Gasteiger partial charge is 0.335 e. The number of carboxylic acids is 1. The predicted molar refractivity (Wildman–Crippen MR) is 88.8 cm³/mol. The quantitative estimate of drug-likeness (QED) is 0.862. The molecule has 0 aliphatic heterocycles. The fourth-order valence-electron chi connectivity index (χ4n) is 2.99. The van der Waals surface area contributed by atoms with Crippen LogP contribution in [0.1, 0.15) is 41.3 Å². The Morgan fingerprint density at radius 1 is 1.33 bits per heavy atom. The first-order valence-corrected chi connectivity index (χ1v) is 9.33. The summed E-state index contributed by atoms with van der Waals surface area (Å²) in [5, 5.41) is 13.3. The van der Waals surface area contributed by atoms with Crippen LogP contribution in [0.4, 0.5) is 5.69 Å². The van der Waals surface area contributed by atoms with Gasteiger partial charge in [0.25, 0.3) is 10.0 Å². The molecular formula is C16H19N3O4S. The Balaban J connectivity index is 2.05. The lowest BCUT2D eigenvalue weighted by molar-refractivity contribution is 0.0696. The normalized spacial score (nSPS) is 14.2. The molecule has 1 aromatic heterocycles. The van der Waals surface area contributed by atoms with Crippen molar-refractivity contribution in [1.82, 2.24) is 9.78 Å². The molecule has 7 nitrogen and oxygen atoms in total. The number of carboxylic acid groups (broad SMARTS) is 1. The summed E-state index contributed by atoms with van der Waals surface area (Å²) in [6.07, 6.45) is 6.22. The molecule has 0 radical (unpaired) electrons. The SMILES string of the molecule is CCn1cc(NS(=O)(=O)c2cc(C(=O)O)cc3c2CCCC3)cn1. The van der Waals surface area contributed by atoms with Gasteiger partial charge in [-0.1, -0.05) is 0 Å². The van der Waals surface area contributed by atoms with E-state index in [2.05, 4.69) is 9.82 Å². The van der Waals surface area contributed by atoms with Crippen LogP contribution in [-0.4, -0.2) is 29.3 Å². The Morgan fingerprint density at radius 3 is 2.75 bits per heavy atom. The van der Waals surface area contributed by atoms with E-state index in [0.717, 1.165) is 24.0 Å². The van der Waals surface area contributed by atoms with Crippen LogP contribution in [-0.2, 0) is 29.4 Å². The molecule has 1 aromatic carbocycles. The van der Waals surface area contributed by atoms with E-state index >= 15 is 0 Å². The summed E-state index contributed by atoms with van der Waals surface area (Å²) in [6.45, 7) is 2.53. The molecule has 8 heteroatoms. The lowest BCUT2D eigenvalue weighted by Gasteiger charge is -2.20. The molecule has 2 aromatic rings. The van der Waals surface area contributed by atoms with Crippen molar-refractivity contribution in [1.29, 1.82) is 0 Å². The lowest BCUT2D eigenvalue weighted by Crippen LogP contribution is -2.19. The molecule has 24 heavy (non-hydrogen) atoms. The van der Waals surface area contributed by atoms with Gasteiger partial charge >= 0.3 is 5.97 Å². The molecule has 0 saturated carbocycles. The van der Waals surface area contributed by atoms with E-state index in [4.69, 9.17) is 0 Å². The molecule has 0 spiro atoms. The van der Waals surface area contributed by atoms with Gasteiger partial charge < -0.3 is 5.11 Å². The number of nitrogens with zero attached hydrogens (tertiary/aromatic N) is 2. The third kappa shape index (κ3) is 3.14. The first kappa shape index (κ1) is 16.5. The molecule has 0 atom stereocenters. The standard InChI is InChI=1S/C16H19N3O4S/c1-2-19-10-13(9-17-19)18-24(22,23)15-8-12(16(20)21)7-11-5-3-4-6-14(11)15/h7-10,18H,2-6H2,1H3,(H,20,21). The molecular weight excluding hydrogens is 330 g/mol. The van der Waals surface area contributed by atoms with Gasteiger partial charge in [-0.3, -0.25) is 9.40 Å². The van der Waals surface area contributed by atoms with Crippen molar-refractivity contribution in [3.8, 4) is 0 Å². The number of anilines is 1. The highest BCUT2D eigenvalue weighted by molar-refractivity contribution is 7.92. The Morgan fingerprint density at radius 2 is 2.08 bits per heavy atom. The van der Waals surface area contributed by atoms with Crippen molar-refractivity contribution in [2.45, 2.75) is 44.0 Å². The van der Waals surface area contributed by atoms with Gasteiger partial charge in [-0.2, -0.15) is 5.10 Å². The van der Waals surface area contributed by atoms with Crippen LogP contribution in [0, 0.1) is 0 Å². The third-order valence-corrected chi connectivity index (χ3v) is 5.62. The zero-order valence-electron chi connectivity index (χ0n) is 13.3. The Bertz CT molecular complexity index is 887. The first-order valence-electron chi connectivity index (χ1n) is 7.85. The van der Waals surface area contributed by atoms with Crippen LogP contribution < -0.4 is 4.72 Å². The minimum atomic E-state index is -3.87. The maximum Gasteiger partial charge on any atom is 0.335 e. The van der Waals surface area contributed by atoms with Crippen molar-refractivity contribution in [3.63, 3.8) is 0 Å². The fourth-order valence-corrected chi connectivity index (χ4v) is 4.36. The van der Waals surface area contributed by atoms with Gasteiger partial charge in [0.05, 0.1) is 22.3 Å². The van der Waals surface area contributed by atoms with Crippen molar-refractivity contribution >= 4 is 21.7 Å². The summed E-state index contributed by atoms with van der Waals surface area (Å²) in [5.41, 5.74) is 1.90. The molecule has 1 aliphatic carbocycles. The zero-order chi connectivity index (χ0) is 17.3. The first-order chi connectivity index (χ1) is 11.4. The predicted octanol–water partition coefficient (Wildman–Crippen LogP) is 2.28. The van der Waals surface area contributed by atoms with Crippen molar-refractivity contribution in [3.05, 3.63) is 41.2 Å². The monoisotopic (exact) mass is 349 g/mol. The highest BCUT2D eigenvalue weighted by Gasteiger charge is 2.25. The highest BCUT2D eigenvalue weighted by Crippen LogP contribution is 2.30. The van der Waals surface area contributed by atoms with Gasteiger partial charge in [0, 0.05) is 12.7 Å². The maximum atomic E-state index is 12.8. The summed E-state index contributed by atoms with van der Waals surface area (Å²) in [7, 11) is -3.87. The molecule has 128 valence electrons. The van der Waals surface area contributed by atoms with E-state index in [-0.39, 0.29) is 10.5 Å². The number of aromatic carboxylic acids is 1. The summed E-state index contributed by atoms with van der Waals surface area (Å²) in [5.74, 6) is -1.13. The molecule has 1 heterocycles. The van der Waals surface area contributed by atoms with Crippen LogP contribution in [0.15, 0.2) is 29.4 Å². The second kappa shape index (κ2) is 6.27. The van der Waals surface area contributed by atoms with Gasteiger partial charge in [0.15, 0.2) is 0 Å². The minimum absolute atomic E-state index is 0.000258. The summed E-state index contributed by atoms with van der Waals surface area (Å²) in [6, 6.07) is 2.84. The van der Waals surface area contributed by atoms with Gasteiger partial charge in [-0.25, -0.2) is 13.2 Å². The number of carbonyl (C=O) groups is 1. The Hall–Kier alpha value is -2.35. The van der Waals surface area contributed by atoms with E-state index < -0.39 is 16.0 Å². The van der Waals surface area contributed by atoms with Crippen molar-refractivity contribution < 1.29 is 18.3 Å². The Labute approximate surface area is 140 Å². The number of nitrogens with one attached hydrogen (secondary N) is 1. The van der Waals surface area contributed by atoms with E-state index in [1.807, 2.05) is 6.92 Å². The van der Waals surface area contributed by atoms with Gasteiger partial charge in [0.2, 0.25) is 0 Å². The van der Waals surface area contributed by atoms with Crippen LogP contribution in [0.5, 0.6) is 0 Å². The Kier molecular flexibility index (Phi) is 4.31. The number of aromatic nitrogens is 2. The molecule has 0 bridgehead atoms. The van der Waals surface area contributed by atoms with Crippen molar-refractivity contribution in [2.24, 2.45) is 0 Å². The molecule has 3 rings (SSSR count). The molecule has 0 fully saturated rings. The number of hydrogen-bond donors (Lipinski definition) is 2. The van der Waals surface area contributed by atoms with Gasteiger partial charge in [0.1, 0.15) is 0 Å². The minimum Gasteiger partial charge on any atom is -0.478 e. The molecule has 2 N–H and O–H groups in total. The average Bonchev–Trinajstić information content (AvgIpc) is 3.00. The summed E-state index contributed by atoms with van der Waals surface area (Å²) >= 11 is 0. The van der Waals surface area contributed by atoms with Crippen LogP contribution in [0.2, 0.25) is 0 Å². The van der Waals surface area contributed by atoms with E-state index in [9.17, 15) is 18.3 Å². The summed E-state index contributed by atoms with van der Waals surface area (Å²) < 4.78 is 29.7. The van der Waals surface area contributed by atoms with Crippen LogP contribution in [0.25, 0.3) is 0 Å². The molecule has 0 unspecified atom stereocenters. The zero-order valence-corrected chi connectivity index (χ0v) is 14.1. The lowest BCUT2D eigenvalue weighted by atomic mass is 9.90. The molecule has 1 aliphatic rings. The highest BCUT2D eigenvalue weighted by atomic mass is 32.2. The van der Waals surface area contributed by atoms with E-state index in [0.29, 0.717) is 25.1 Å². The number of fused-ring (bicyclic) bond motifs is 1. The van der Waals surface area contributed by atoms with Crippen molar-refractivity contribution in [2.75, 3.05) is 4.72 Å². The number of aryl methyl sites for hydroxylation is 2. The molecule has 0 saturated heterocycles. The number of hydrogen-bond acceptors (Lipinski definition) is 4. The average molecular weight is 349 g/mol. The van der Waals surface area contributed by atoms with Gasteiger partial charge in [-0.05, 0) is 55.9 Å².